The Labute approximate surface area is 231 Å². The van der Waals surface area contributed by atoms with Crippen molar-refractivity contribution in [1.82, 2.24) is 0 Å². The number of rotatable bonds is 4. The molecule has 0 radical (unpaired) electrons. The zero-order valence-corrected chi connectivity index (χ0v) is 24.3. The van der Waals surface area contributed by atoms with Gasteiger partial charge in [0.25, 0.3) is 0 Å². The van der Waals surface area contributed by atoms with Crippen molar-refractivity contribution >= 4 is 57.6 Å². The standard InChI is InChI=1S/C25H28B2F6O4S2/c1-19(2)20(3,4)35-26(34-19)15-9-13(11-38-15)17-18(24(30,31)25(32,33)23(17,28)29)14-10-16(39-12-14)27-36-21(5,6)22(7,8)37-27/h9-12H,1-8H3. The van der Waals surface area contributed by atoms with Gasteiger partial charge in [-0.15, -0.1) is 0 Å². The largest absolute Gasteiger partial charge is 0.505 e. The highest BCUT2D eigenvalue weighted by atomic mass is 32.1. The molecule has 0 bridgehead atoms. The third-order valence-corrected chi connectivity index (χ3v) is 10.4. The molecule has 0 N–H and O–H groups in total. The maximum atomic E-state index is 15.3. The molecule has 39 heavy (non-hydrogen) atoms. The van der Waals surface area contributed by atoms with Gasteiger partial charge in [-0.05, 0) is 89.4 Å². The Morgan fingerprint density at radius 3 is 1.10 bits per heavy atom. The molecule has 0 spiro atoms. The highest BCUT2D eigenvalue weighted by molar-refractivity contribution is 7.21. The Morgan fingerprint density at radius 1 is 0.538 bits per heavy atom. The highest BCUT2D eigenvalue weighted by Crippen LogP contribution is 2.64. The van der Waals surface area contributed by atoms with E-state index in [4.69, 9.17) is 18.6 Å². The van der Waals surface area contributed by atoms with Crippen LogP contribution in [0.3, 0.4) is 0 Å². The maximum Gasteiger partial charge on any atom is 0.505 e. The molecule has 0 amide bonds. The van der Waals surface area contributed by atoms with Gasteiger partial charge in [-0.1, -0.05) is 0 Å². The SMILES string of the molecule is CC1(C)OB(c2cc(C3=C(c4csc(B5OC(C)(C)C(C)(C)O5)c4)C(F)(F)C(F)(F)C3(F)F)cs2)OC1(C)C. The minimum Gasteiger partial charge on any atom is -0.399 e. The molecule has 14 heteroatoms. The fourth-order valence-electron chi connectivity index (χ4n) is 4.61. The van der Waals surface area contributed by atoms with Crippen molar-refractivity contribution in [2.45, 2.75) is 95.6 Å². The van der Waals surface area contributed by atoms with Gasteiger partial charge in [0.2, 0.25) is 0 Å². The predicted molar refractivity (Wildman–Crippen MR) is 142 cm³/mol. The van der Waals surface area contributed by atoms with Crippen LogP contribution in [0.25, 0.3) is 11.1 Å². The molecule has 2 aliphatic heterocycles. The number of hydrogen-bond acceptors (Lipinski definition) is 6. The van der Waals surface area contributed by atoms with Crippen LogP contribution in [-0.4, -0.2) is 54.4 Å². The van der Waals surface area contributed by atoms with Crippen molar-refractivity contribution in [3.05, 3.63) is 34.0 Å². The van der Waals surface area contributed by atoms with E-state index >= 15 is 17.6 Å². The number of allylic oxidation sites excluding steroid dienone is 2. The number of halogens is 6. The third kappa shape index (κ3) is 4.03. The predicted octanol–water partition coefficient (Wildman–Crippen LogP) is 6.24. The quantitative estimate of drug-likeness (QED) is 0.312. The van der Waals surface area contributed by atoms with E-state index in [1.807, 2.05) is 0 Å². The van der Waals surface area contributed by atoms with Gasteiger partial charge in [-0.2, -0.15) is 49.0 Å². The summed E-state index contributed by atoms with van der Waals surface area (Å²) in [6.07, 6.45) is 0. The van der Waals surface area contributed by atoms with Gasteiger partial charge < -0.3 is 18.6 Å². The maximum absolute atomic E-state index is 15.3. The number of thiophene rings is 2. The Bertz CT molecular complexity index is 1220. The molecule has 2 fully saturated rings. The molecule has 2 aromatic rings. The lowest BCUT2D eigenvalue weighted by Gasteiger charge is -2.32. The zero-order chi connectivity index (χ0) is 29.2. The first kappa shape index (κ1) is 29.2. The van der Waals surface area contributed by atoms with Crippen LogP contribution in [0.2, 0.25) is 0 Å². The highest BCUT2D eigenvalue weighted by Gasteiger charge is 2.80. The normalized spacial score (nSPS) is 27.5. The molecule has 0 atom stereocenters. The summed E-state index contributed by atoms with van der Waals surface area (Å²) in [4.78, 5) is 0. The van der Waals surface area contributed by atoms with E-state index in [1.54, 1.807) is 55.4 Å². The van der Waals surface area contributed by atoms with Gasteiger partial charge in [0.05, 0.1) is 22.4 Å². The van der Waals surface area contributed by atoms with Gasteiger partial charge in [0.15, 0.2) is 0 Å². The molecule has 0 unspecified atom stereocenters. The van der Waals surface area contributed by atoms with Crippen LogP contribution < -0.4 is 9.55 Å². The van der Waals surface area contributed by atoms with Crippen LogP contribution >= 0.6 is 22.7 Å². The summed E-state index contributed by atoms with van der Waals surface area (Å²) in [5.74, 6) is -15.9. The van der Waals surface area contributed by atoms with Crippen LogP contribution in [0, 0.1) is 0 Å². The van der Waals surface area contributed by atoms with Crippen molar-refractivity contribution in [3.63, 3.8) is 0 Å². The average Bonchev–Trinajstić information content (AvgIpc) is 3.52. The number of hydrogen-bond donors (Lipinski definition) is 0. The van der Waals surface area contributed by atoms with Crippen molar-refractivity contribution < 1.29 is 45.0 Å². The summed E-state index contributed by atoms with van der Waals surface area (Å²) in [5, 5.41) is 2.31. The van der Waals surface area contributed by atoms with Gasteiger partial charge in [0.1, 0.15) is 0 Å². The molecule has 212 valence electrons. The molecular weight excluding hydrogens is 564 g/mol. The minimum absolute atomic E-state index is 0.299. The third-order valence-electron chi connectivity index (χ3n) is 8.45. The minimum atomic E-state index is -5.65. The second kappa shape index (κ2) is 8.38. The Balaban J connectivity index is 1.59. The van der Waals surface area contributed by atoms with Crippen LogP contribution in [0.1, 0.15) is 66.5 Å². The summed E-state index contributed by atoms with van der Waals surface area (Å²) in [6.45, 7) is 14.4. The Hall–Kier alpha value is -1.31. The van der Waals surface area contributed by atoms with Gasteiger partial charge in [-0.3, -0.25) is 0 Å². The molecule has 0 saturated carbocycles. The van der Waals surface area contributed by atoms with Gasteiger partial charge >= 0.3 is 32.0 Å². The molecule has 3 aliphatic rings. The lowest BCUT2D eigenvalue weighted by Crippen LogP contribution is -2.48. The van der Waals surface area contributed by atoms with E-state index in [2.05, 4.69) is 0 Å². The summed E-state index contributed by atoms with van der Waals surface area (Å²) >= 11 is 1.83. The van der Waals surface area contributed by atoms with E-state index in [0.717, 1.165) is 45.6 Å². The Kier molecular flexibility index (Phi) is 6.27. The van der Waals surface area contributed by atoms with E-state index < -0.39 is 76.7 Å². The van der Waals surface area contributed by atoms with E-state index in [-0.39, 0.29) is 0 Å². The van der Waals surface area contributed by atoms with Crippen LogP contribution in [-0.2, 0) is 18.6 Å². The fourth-order valence-corrected chi connectivity index (χ4v) is 6.31. The molecule has 2 aromatic heterocycles. The van der Waals surface area contributed by atoms with Gasteiger partial charge in [-0.25, -0.2) is 0 Å². The summed E-state index contributed by atoms with van der Waals surface area (Å²) in [7, 11) is -1.94. The smallest absolute Gasteiger partial charge is 0.399 e. The average molecular weight is 592 g/mol. The topological polar surface area (TPSA) is 36.9 Å². The summed E-state index contributed by atoms with van der Waals surface area (Å²) in [6, 6.07) is 2.32. The van der Waals surface area contributed by atoms with Crippen molar-refractivity contribution in [2.75, 3.05) is 0 Å². The molecule has 4 heterocycles. The van der Waals surface area contributed by atoms with E-state index in [1.165, 1.54) is 0 Å². The second-order valence-corrected chi connectivity index (χ2v) is 14.0. The Morgan fingerprint density at radius 2 is 0.821 bits per heavy atom. The van der Waals surface area contributed by atoms with Crippen LogP contribution in [0.5, 0.6) is 0 Å². The summed E-state index contributed by atoms with van der Waals surface area (Å²) in [5.41, 5.74) is -6.71. The van der Waals surface area contributed by atoms with Crippen LogP contribution in [0.15, 0.2) is 22.9 Å². The lowest BCUT2D eigenvalue weighted by atomic mass is 9.85. The first-order valence-corrected chi connectivity index (χ1v) is 14.1. The molecular formula is C25H28B2F6O4S2. The molecule has 5 rings (SSSR count). The molecule has 2 saturated heterocycles. The number of alkyl halides is 6. The molecule has 1 aliphatic carbocycles. The lowest BCUT2D eigenvalue weighted by molar-refractivity contribution is -0.254. The zero-order valence-electron chi connectivity index (χ0n) is 22.7. The molecule has 0 aromatic carbocycles. The monoisotopic (exact) mass is 592 g/mol. The van der Waals surface area contributed by atoms with Gasteiger partial charge in [0, 0.05) is 20.7 Å². The fraction of sp³-hybridized carbons (Fsp3) is 0.600. The van der Waals surface area contributed by atoms with Crippen molar-refractivity contribution in [1.29, 1.82) is 0 Å². The van der Waals surface area contributed by atoms with E-state index in [0.29, 0.717) is 9.55 Å². The first-order valence-electron chi connectivity index (χ1n) is 12.3. The van der Waals surface area contributed by atoms with Crippen LogP contribution in [0.4, 0.5) is 26.3 Å². The van der Waals surface area contributed by atoms with E-state index in [9.17, 15) is 8.78 Å². The second-order valence-electron chi connectivity index (χ2n) is 12.1. The van der Waals surface area contributed by atoms with Crippen molar-refractivity contribution in [2.24, 2.45) is 0 Å². The molecule has 4 nitrogen and oxygen atoms in total. The first-order chi connectivity index (χ1) is 17.6. The summed E-state index contributed by atoms with van der Waals surface area (Å²) < 4.78 is 115. The van der Waals surface area contributed by atoms with Crippen molar-refractivity contribution in [3.8, 4) is 0 Å².